The minimum atomic E-state index is -0.371. The maximum absolute atomic E-state index is 12.3. The van der Waals surface area contributed by atoms with Gasteiger partial charge in [0.25, 0.3) is 0 Å². The molecule has 0 radical (unpaired) electrons. The summed E-state index contributed by atoms with van der Waals surface area (Å²) >= 11 is 0. The number of methoxy groups -OCH3 is 1. The van der Waals surface area contributed by atoms with Gasteiger partial charge >= 0.3 is 0 Å². The lowest BCUT2D eigenvalue weighted by Gasteiger charge is -2.24. The second-order valence-corrected chi connectivity index (χ2v) is 6.44. The lowest BCUT2D eigenvalue weighted by molar-refractivity contribution is -0.143. The molecule has 1 saturated carbocycles. The number of hydrogen-bond acceptors (Lipinski definition) is 4. The number of amides is 2. The van der Waals surface area contributed by atoms with Gasteiger partial charge in [0.2, 0.25) is 11.8 Å². The normalized spacial score (nSPS) is 27.5. The number of hydrogen-bond donors (Lipinski definition) is 1. The van der Waals surface area contributed by atoms with Crippen molar-refractivity contribution >= 4 is 11.8 Å². The van der Waals surface area contributed by atoms with E-state index in [0.29, 0.717) is 0 Å². The zero-order valence-electron chi connectivity index (χ0n) is 12.5. The van der Waals surface area contributed by atoms with E-state index in [1.54, 1.807) is 7.11 Å². The first kappa shape index (κ1) is 14.1. The number of imide groups is 1. The van der Waals surface area contributed by atoms with Crippen molar-refractivity contribution in [3.63, 3.8) is 0 Å². The number of rotatable bonds is 4. The Morgan fingerprint density at radius 3 is 2.19 bits per heavy atom. The van der Waals surface area contributed by atoms with Gasteiger partial charge in [0.1, 0.15) is 5.75 Å². The lowest BCUT2D eigenvalue weighted by Crippen LogP contribution is -2.40. The van der Waals surface area contributed by atoms with Gasteiger partial charge in [0.05, 0.1) is 18.9 Å². The van der Waals surface area contributed by atoms with Crippen molar-refractivity contribution in [3.8, 4) is 5.75 Å². The highest BCUT2D eigenvalue weighted by Crippen LogP contribution is 2.63. The second kappa shape index (κ2) is 4.56. The van der Waals surface area contributed by atoms with Crippen LogP contribution < -0.4 is 10.5 Å². The van der Waals surface area contributed by atoms with Crippen molar-refractivity contribution in [2.75, 3.05) is 13.7 Å². The van der Waals surface area contributed by atoms with Crippen LogP contribution in [0.25, 0.3) is 0 Å². The number of fused-ring (bicyclic) bond motifs is 1. The average Bonchev–Trinajstić information content (AvgIpc) is 2.95. The number of carbonyl (C=O) groups is 2. The van der Waals surface area contributed by atoms with Gasteiger partial charge in [-0.15, -0.1) is 0 Å². The number of benzene rings is 1. The maximum Gasteiger partial charge on any atom is 0.233 e. The third-order valence-electron chi connectivity index (χ3n) is 4.81. The fourth-order valence-electron chi connectivity index (χ4n) is 3.34. The van der Waals surface area contributed by atoms with Crippen molar-refractivity contribution in [1.82, 2.24) is 4.90 Å². The number of likely N-dealkylation sites (tertiary alicyclic amines) is 1. The van der Waals surface area contributed by atoms with Gasteiger partial charge in [0.15, 0.2) is 0 Å². The van der Waals surface area contributed by atoms with E-state index in [0.717, 1.165) is 11.3 Å². The molecule has 1 heterocycles. The van der Waals surface area contributed by atoms with Gasteiger partial charge in [-0.2, -0.15) is 0 Å². The Hall–Kier alpha value is -1.88. The highest BCUT2D eigenvalue weighted by Gasteiger charge is 2.72. The molecule has 2 N–H and O–H groups in total. The smallest absolute Gasteiger partial charge is 0.233 e. The minimum Gasteiger partial charge on any atom is -0.497 e. The fourth-order valence-corrected chi connectivity index (χ4v) is 3.34. The summed E-state index contributed by atoms with van der Waals surface area (Å²) in [7, 11) is 1.60. The van der Waals surface area contributed by atoms with Gasteiger partial charge in [-0.05, 0) is 23.1 Å². The van der Waals surface area contributed by atoms with Crippen molar-refractivity contribution in [1.29, 1.82) is 0 Å². The Labute approximate surface area is 124 Å². The summed E-state index contributed by atoms with van der Waals surface area (Å²) in [5.41, 5.74) is 6.85. The Balaban J connectivity index is 1.70. The van der Waals surface area contributed by atoms with E-state index >= 15 is 0 Å². The fraction of sp³-hybridized carbons (Fsp3) is 0.500. The molecule has 2 amide bonds. The molecule has 0 aromatic heterocycles. The van der Waals surface area contributed by atoms with E-state index in [-0.39, 0.29) is 41.7 Å². The molecule has 2 aliphatic rings. The molecule has 1 saturated heterocycles. The van der Waals surface area contributed by atoms with Crippen LogP contribution >= 0.6 is 0 Å². The van der Waals surface area contributed by atoms with E-state index in [2.05, 4.69) is 0 Å². The second-order valence-electron chi connectivity index (χ2n) is 6.44. The van der Waals surface area contributed by atoms with Crippen LogP contribution in [0.3, 0.4) is 0 Å². The molecule has 3 rings (SSSR count). The summed E-state index contributed by atoms with van der Waals surface area (Å²) in [5, 5.41) is 0. The van der Waals surface area contributed by atoms with E-state index in [1.807, 2.05) is 38.1 Å². The number of nitrogens with two attached hydrogens (primary N) is 1. The van der Waals surface area contributed by atoms with Gasteiger partial charge in [-0.1, -0.05) is 26.0 Å². The van der Waals surface area contributed by atoms with Crippen molar-refractivity contribution < 1.29 is 14.3 Å². The van der Waals surface area contributed by atoms with Crippen LogP contribution in [0, 0.1) is 17.3 Å². The molecule has 1 aliphatic heterocycles. The summed E-state index contributed by atoms with van der Waals surface area (Å²) in [6.07, 6.45) is 0. The van der Waals surface area contributed by atoms with Crippen LogP contribution in [0.2, 0.25) is 0 Å². The highest BCUT2D eigenvalue weighted by molar-refractivity contribution is 6.10. The Morgan fingerprint density at radius 1 is 1.19 bits per heavy atom. The topological polar surface area (TPSA) is 72.6 Å². The van der Waals surface area contributed by atoms with E-state index in [9.17, 15) is 9.59 Å². The molecule has 2 fully saturated rings. The van der Waals surface area contributed by atoms with Gasteiger partial charge in [-0.25, -0.2) is 0 Å². The van der Waals surface area contributed by atoms with Crippen LogP contribution in [0.4, 0.5) is 0 Å². The molecule has 1 aliphatic carbocycles. The quantitative estimate of drug-likeness (QED) is 0.849. The monoisotopic (exact) mass is 288 g/mol. The van der Waals surface area contributed by atoms with E-state index < -0.39 is 0 Å². The molecule has 5 heteroatoms. The van der Waals surface area contributed by atoms with Crippen molar-refractivity contribution in [2.24, 2.45) is 23.0 Å². The molecule has 21 heavy (non-hydrogen) atoms. The lowest BCUT2D eigenvalue weighted by atomic mass is 10.0. The molecule has 1 aromatic carbocycles. The van der Waals surface area contributed by atoms with E-state index in [4.69, 9.17) is 10.5 Å². The molecular formula is C16H20N2O3. The SMILES string of the molecule is COc1ccc(C(N)CN2C(=O)C3C(C2=O)C3(C)C)cc1. The molecule has 112 valence electrons. The Bertz CT molecular complexity index is 570. The van der Waals surface area contributed by atoms with E-state index in [1.165, 1.54) is 4.90 Å². The summed E-state index contributed by atoms with van der Waals surface area (Å²) in [6, 6.07) is 7.00. The largest absolute Gasteiger partial charge is 0.497 e. The standard InChI is InChI=1S/C16H20N2O3/c1-16(2)12-13(16)15(20)18(14(12)19)8-11(17)9-4-6-10(21-3)7-5-9/h4-7,11-13H,8,17H2,1-3H3. The van der Waals surface area contributed by atoms with Crippen LogP contribution in [-0.2, 0) is 9.59 Å². The summed E-state index contributed by atoms with van der Waals surface area (Å²) in [4.78, 5) is 25.9. The van der Waals surface area contributed by atoms with Crippen molar-refractivity contribution in [2.45, 2.75) is 19.9 Å². The minimum absolute atomic E-state index is 0.0704. The van der Waals surface area contributed by atoms with Crippen LogP contribution in [0.15, 0.2) is 24.3 Å². The average molecular weight is 288 g/mol. The van der Waals surface area contributed by atoms with Gasteiger partial charge in [0, 0.05) is 12.6 Å². The number of ether oxygens (including phenoxy) is 1. The summed E-state index contributed by atoms with van der Waals surface area (Å²) in [6.45, 7) is 4.19. The molecular weight excluding hydrogens is 268 g/mol. The first-order chi connectivity index (χ1) is 9.87. The van der Waals surface area contributed by atoms with Crippen LogP contribution in [-0.4, -0.2) is 30.4 Å². The number of carbonyl (C=O) groups excluding carboxylic acids is 2. The van der Waals surface area contributed by atoms with Crippen LogP contribution in [0.1, 0.15) is 25.5 Å². The molecule has 1 aromatic rings. The number of nitrogens with zero attached hydrogens (tertiary/aromatic N) is 1. The third-order valence-corrected chi connectivity index (χ3v) is 4.81. The first-order valence-electron chi connectivity index (χ1n) is 7.12. The van der Waals surface area contributed by atoms with Crippen molar-refractivity contribution in [3.05, 3.63) is 29.8 Å². The van der Waals surface area contributed by atoms with Gasteiger partial charge in [-0.3, -0.25) is 14.5 Å². The zero-order chi connectivity index (χ0) is 15.4. The van der Waals surface area contributed by atoms with Gasteiger partial charge < -0.3 is 10.5 Å². The maximum atomic E-state index is 12.3. The first-order valence-corrected chi connectivity index (χ1v) is 7.12. The molecule has 3 atom stereocenters. The Kier molecular flexibility index (Phi) is 3.06. The highest BCUT2D eigenvalue weighted by atomic mass is 16.5. The Morgan fingerprint density at radius 2 is 1.71 bits per heavy atom. The molecule has 3 unspecified atom stereocenters. The summed E-state index contributed by atoms with van der Waals surface area (Å²) < 4.78 is 5.10. The third kappa shape index (κ3) is 2.03. The molecule has 0 spiro atoms. The predicted molar refractivity (Wildman–Crippen MR) is 77.4 cm³/mol. The summed E-state index contributed by atoms with van der Waals surface area (Å²) in [5.74, 6) is 0.321. The number of piperidine rings is 1. The zero-order valence-corrected chi connectivity index (χ0v) is 12.5. The molecule has 5 nitrogen and oxygen atoms in total. The molecule has 0 bridgehead atoms. The van der Waals surface area contributed by atoms with Crippen LogP contribution in [0.5, 0.6) is 5.75 Å². The predicted octanol–water partition coefficient (Wildman–Crippen LogP) is 1.34.